The van der Waals surface area contributed by atoms with Gasteiger partial charge in [0.05, 0.1) is 20.2 Å². The van der Waals surface area contributed by atoms with E-state index < -0.39 is 6.15 Å². The van der Waals surface area contributed by atoms with Gasteiger partial charge < -0.3 is 4.90 Å². The molecule has 0 aliphatic rings. The Balaban J connectivity index is 0.000000239. The van der Waals surface area contributed by atoms with Gasteiger partial charge in [0.15, 0.2) is 0 Å². The molecule has 0 amide bonds. The molecule has 30 heavy (non-hydrogen) atoms. The number of benzene rings is 4. The third kappa shape index (κ3) is 4.79. The maximum absolute atomic E-state index is 4.19. The molecule has 1 N–H and O–H groups in total. The number of rotatable bonds is 5. The van der Waals surface area contributed by atoms with E-state index in [1.807, 2.05) is 6.07 Å². The van der Waals surface area contributed by atoms with Gasteiger partial charge in [0.2, 0.25) is 0 Å². The van der Waals surface area contributed by atoms with Crippen LogP contribution in [0.4, 0.5) is 5.69 Å². The first-order valence-corrected chi connectivity index (χ1v) is 10.5. The van der Waals surface area contributed by atoms with Crippen LogP contribution in [0.1, 0.15) is 0 Å². The minimum absolute atomic E-state index is 1.13. The molecule has 0 heterocycles. The van der Waals surface area contributed by atoms with Crippen LogP contribution in [0.5, 0.6) is 0 Å². The zero-order chi connectivity index (χ0) is 21.2. The van der Waals surface area contributed by atoms with E-state index in [1.54, 1.807) is 0 Å². The SMILES string of the molecule is C=C[B-](c1ccccc1)(c1ccccc1)c1ccccc1.C[NH+](C)c1ccccc1. The number of nitrogens with one attached hydrogen (secondary N) is 1. The van der Waals surface area contributed by atoms with Crippen molar-refractivity contribution in [2.75, 3.05) is 14.1 Å². The largest absolute Gasteiger partial charge is 0.307 e. The Labute approximate surface area is 181 Å². The van der Waals surface area contributed by atoms with Crippen LogP contribution in [0, 0.1) is 0 Å². The van der Waals surface area contributed by atoms with Crippen LogP contribution >= 0.6 is 0 Å². The van der Waals surface area contributed by atoms with E-state index >= 15 is 0 Å². The Kier molecular flexibility index (Phi) is 7.42. The van der Waals surface area contributed by atoms with E-state index in [-0.39, 0.29) is 0 Å². The lowest BCUT2D eigenvalue weighted by Crippen LogP contribution is -3.00. The highest BCUT2D eigenvalue weighted by Gasteiger charge is 2.25. The molecule has 4 aromatic rings. The average molecular weight is 391 g/mol. The molecule has 0 radical (unpaired) electrons. The molecule has 0 aromatic heterocycles. The maximum atomic E-state index is 4.19. The third-order valence-electron chi connectivity index (χ3n) is 5.68. The fraction of sp³-hybridized carbons (Fsp3) is 0.0714. The first-order valence-electron chi connectivity index (χ1n) is 10.5. The number of hydrogen-bond donors (Lipinski definition) is 1. The summed E-state index contributed by atoms with van der Waals surface area (Å²) in [6.07, 6.45) is -1.13. The van der Waals surface area contributed by atoms with Crippen molar-refractivity contribution in [3.63, 3.8) is 0 Å². The standard InChI is InChI=1S/C20H18B.C8H11N/c1-2-21(18-12-6-3-7-13-18,19-14-8-4-9-15-19)20-16-10-5-11-17-20;1-9(2)8-6-4-3-5-7-8/h2-17H,1H2;3-7H,1-2H3/q-1;/p+1. The monoisotopic (exact) mass is 391 g/mol. The summed E-state index contributed by atoms with van der Waals surface area (Å²) in [5.41, 5.74) is 5.22. The molecule has 150 valence electrons. The number of para-hydroxylation sites is 1. The number of hydrogen-bond acceptors (Lipinski definition) is 0. The van der Waals surface area contributed by atoms with Crippen molar-refractivity contribution in [2.45, 2.75) is 0 Å². The van der Waals surface area contributed by atoms with Crippen molar-refractivity contribution in [1.82, 2.24) is 0 Å². The van der Waals surface area contributed by atoms with E-state index in [4.69, 9.17) is 0 Å². The van der Waals surface area contributed by atoms with Crippen LogP contribution < -0.4 is 21.3 Å². The highest BCUT2D eigenvalue weighted by atomic mass is 15.1. The van der Waals surface area contributed by atoms with Gasteiger partial charge in [0.25, 0.3) is 0 Å². The third-order valence-corrected chi connectivity index (χ3v) is 5.68. The average Bonchev–Trinajstić information content (AvgIpc) is 2.83. The van der Waals surface area contributed by atoms with Gasteiger partial charge in [-0.2, -0.15) is 16.4 Å². The molecule has 0 fully saturated rings. The predicted octanol–water partition coefficient (Wildman–Crippen LogP) is 3.34. The molecule has 0 aliphatic heterocycles. The molecule has 0 unspecified atom stereocenters. The zero-order valence-corrected chi connectivity index (χ0v) is 17.9. The van der Waals surface area contributed by atoms with Gasteiger partial charge in [-0.15, -0.1) is 6.58 Å². The lowest BCUT2D eigenvalue weighted by Gasteiger charge is -2.40. The van der Waals surface area contributed by atoms with Gasteiger partial charge in [-0.3, -0.25) is 0 Å². The van der Waals surface area contributed by atoms with Gasteiger partial charge in [0.1, 0.15) is 5.69 Å². The second-order valence-electron chi connectivity index (χ2n) is 7.77. The van der Waals surface area contributed by atoms with Crippen LogP contribution in [0.2, 0.25) is 0 Å². The summed E-state index contributed by atoms with van der Waals surface area (Å²) in [6, 6.07) is 42.3. The van der Waals surface area contributed by atoms with Crippen LogP contribution in [-0.2, 0) is 0 Å². The lowest BCUT2D eigenvalue weighted by atomic mass is 9.16. The molecular weight excluding hydrogens is 361 g/mol. The molecule has 2 heteroatoms. The molecule has 4 rings (SSSR count). The smallest absolute Gasteiger partial charge is 0.130 e. The van der Waals surface area contributed by atoms with Crippen molar-refractivity contribution in [1.29, 1.82) is 0 Å². The minimum Gasteiger partial charge on any atom is -0.307 e. The van der Waals surface area contributed by atoms with Crippen LogP contribution in [-0.4, -0.2) is 20.2 Å². The van der Waals surface area contributed by atoms with Crippen molar-refractivity contribution in [2.24, 2.45) is 0 Å². The van der Waals surface area contributed by atoms with Gasteiger partial charge in [0, 0.05) is 0 Å². The van der Waals surface area contributed by atoms with Gasteiger partial charge >= 0.3 is 0 Å². The van der Waals surface area contributed by atoms with Crippen LogP contribution in [0.3, 0.4) is 0 Å². The quantitative estimate of drug-likeness (QED) is 0.498. The minimum atomic E-state index is -1.13. The highest BCUT2D eigenvalue weighted by Crippen LogP contribution is 2.08. The highest BCUT2D eigenvalue weighted by molar-refractivity contribution is 7.14. The van der Waals surface area contributed by atoms with Crippen molar-refractivity contribution in [3.05, 3.63) is 134 Å². The summed E-state index contributed by atoms with van der Waals surface area (Å²) < 4.78 is 0. The molecular formula is C28H30BN. The molecule has 1 nitrogen and oxygen atoms in total. The fourth-order valence-electron chi connectivity index (χ4n) is 4.03. The Morgan fingerprint density at radius 3 is 1.07 bits per heavy atom. The first-order chi connectivity index (χ1) is 14.7. The predicted molar refractivity (Wildman–Crippen MR) is 133 cm³/mol. The molecule has 0 spiro atoms. The number of quaternary nitrogens is 1. The Morgan fingerprint density at radius 2 is 0.833 bits per heavy atom. The summed E-state index contributed by atoms with van der Waals surface area (Å²) in [5, 5.41) is 0. The van der Waals surface area contributed by atoms with Gasteiger partial charge in [-0.05, 0) is 12.1 Å². The van der Waals surface area contributed by atoms with Gasteiger partial charge in [-0.25, -0.2) is 5.98 Å². The summed E-state index contributed by atoms with van der Waals surface area (Å²) in [4.78, 5) is 1.37. The molecule has 0 bridgehead atoms. The van der Waals surface area contributed by atoms with E-state index in [0.717, 1.165) is 0 Å². The Hall–Kier alpha value is -3.36. The van der Waals surface area contributed by atoms with E-state index in [9.17, 15) is 0 Å². The summed E-state index contributed by atoms with van der Waals surface area (Å²) in [5.74, 6) is 2.11. The van der Waals surface area contributed by atoms with Crippen molar-refractivity contribution < 1.29 is 4.90 Å². The topological polar surface area (TPSA) is 4.44 Å². The summed E-state index contributed by atoms with van der Waals surface area (Å²) in [6.45, 7) is 4.19. The van der Waals surface area contributed by atoms with E-state index in [0.29, 0.717) is 0 Å². The Bertz CT molecular complexity index is 917. The normalized spacial score (nSPS) is 10.8. The van der Waals surface area contributed by atoms with Gasteiger partial charge in [-0.1, -0.05) is 109 Å². The Morgan fingerprint density at radius 1 is 0.533 bits per heavy atom. The van der Waals surface area contributed by atoms with Crippen LogP contribution in [0.25, 0.3) is 0 Å². The first kappa shape index (κ1) is 21.4. The summed E-state index contributed by atoms with van der Waals surface area (Å²) >= 11 is 0. The lowest BCUT2D eigenvalue weighted by molar-refractivity contribution is -0.786. The molecule has 0 atom stereocenters. The fourth-order valence-corrected chi connectivity index (χ4v) is 4.03. The maximum Gasteiger partial charge on any atom is 0.130 e. The molecule has 0 saturated carbocycles. The molecule has 4 aromatic carbocycles. The second-order valence-corrected chi connectivity index (χ2v) is 7.77. The van der Waals surface area contributed by atoms with E-state index in [1.165, 1.54) is 27.0 Å². The van der Waals surface area contributed by atoms with E-state index in [2.05, 4.69) is 142 Å². The zero-order valence-electron chi connectivity index (χ0n) is 17.9. The van der Waals surface area contributed by atoms with Crippen LogP contribution in [0.15, 0.2) is 134 Å². The second kappa shape index (κ2) is 10.4. The van der Waals surface area contributed by atoms with Crippen molar-refractivity contribution in [3.8, 4) is 0 Å². The molecule has 0 aliphatic carbocycles. The summed E-state index contributed by atoms with van der Waals surface area (Å²) in [7, 11) is 4.24. The van der Waals surface area contributed by atoms with Crippen molar-refractivity contribution >= 4 is 28.2 Å². The molecule has 0 saturated heterocycles.